The summed E-state index contributed by atoms with van der Waals surface area (Å²) in [4.78, 5) is 30.7. The number of carbonyl (C=O) groups excluding carboxylic acids is 1. The number of aliphatic hydroxyl groups is 1. The minimum Gasteiger partial charge on any atom is -0.391 e. The lowest BCUT2D eigenvalue weighted by Crippen LogP contribution is -2.50. The monoisotopic (exact) mass is 465 g/mol. The van der Waals surface area contributed by atoms with Crippen LogP contribution in [0, 0.1) is 5.92 Å². The topological polar surface area (TPSA) is 126 Å². The van der Waals surface area contributed by atoms with Gasteiger partial charge in [0, 0.05) is 25.4 Å². The number of aliphatic hydroxyl groups excluding tert-OH is 1. The summed E-state index contributed by atoms with van der Waals surface area (Å²) in [5.41, 5.74) is 1.02. The van der Waals surface area contributed by atoms with Gasteiger partial charge in [0.15, 0.2) is 5.65 Å². The van der Waals surface area contributed by atoms with Crippen molar-refractivity contribution in [3.63, 3.8) is 0 Å². The lowest BCUT2D eigenvalue weighted by atomic mass is 9.87. The molecule has 2 unspecified atom stereocenters. The van der Waals surface area contributed by atoms with Gasteiger partial charge < -0.3 is 25.6 Å². The second-order valence-corrected chi connectivity index (χ2v) is 9.47. The maximum absolute atomic E-state index is 13.2. The maximum atomic E-state index is 13.2. The number of aromatic nitrogens is 4. The number of nitrogens with one attached hydrogen (secondary N) is 3. The van der Waals surface area contributed by atoms with Gasteiger partial charge in [-0.05, 0) is 56.6 Å². The number of hydrogen-bond acceptors (Lipinski definition) is 7. The quantitative estimate of drug-likeness (QED) is 0.441. The Kier molecular flexibility index (Phi) is 5.99. The fourth-order valence-corrected chi connectivity index (χ4v) is 4.81. The number of fused-ring (bicyclic) bond motifs is 1. The minimum atomic E-state index is -0.517. The molecule has 0 radical (unpaired) electrons. The molecule has 180 valence electrons. The molecule has 0 aromatic carbocycles. The van der Waals surface area contributed by atoms with E-state index in [2.05, 4.69) is 33.0 Å². The predicted molar refractivity (Wildman–Crippen MR) is 130 cm³/mol. The summed E-state index contributed by atoms with van der Waals surface area (Å²) in [5.74, 6) is 1.42. The SMILES string of the molecule is CNc1cc(Nc2cccn(C3CCC(C)CC3)c2=O)nc2c(C(=O)NC3CCC3O)cnn12. The van der Waals surface area contributed by atoms with Crippen LogP contribution in [0.1, 0.15) is 61.8 Å². The standard InChI is InChI=1S/C24H31N7O3/c1-14-5-7-15(8-6-14)30-11-3-4-18(24(30)34)27-20-12-21(25-2)31-22(29-20)16(13-26-31)23(33)28-17-9-10-19(17)32/h3-4,11-15,17,19,25,32H,5-10H2,1-2H3,(H,27,29)(H,28,33). The second-order valence-electron chi connectivity index (χ2n) is 9.47. The molecule has 0 saturated heterocycles. The third kappa shape index (κ3) is 4.13. The van der Waals surface area contributed by atoms with E-state index in [1.807, 2.05) is 16.8 Å². The van der Waals surface area contributed by atoms with Crippen molar-refractivity contribution in [3.8, 4) is 0 Å². The molecule has 3 aromatic heterocycles. The van der Waals surface area contributed by atoms with Crippen LogP contribution in [0.4, 0.5) is 17.3 Å². The number of nitrogens with zero attached hydrogens (tertiary/aromatic N) is 4. The largest absolute Gasteiger partial charge is 0.391 e. The average Bonchev–Trinajstić information content (AvgIpc) is 3.27. The molecule has 0 bridgehead atoms. The van der Waals surface area contributed by atoms with Crippen molar-refractivity contribution < 1.29 is 9.90 Å². The molecule has 0 spiro atoms. The van der Waals surface area contributed by atoms with Crippen LogP contribution in [0.15, 0.2) is 35.4 Å². The molecule has 2 fully saturated rings. The average molecular weight is 466 g/mol. The lowest BCUT2D eigenvalue weighted by Gasteiger charge is -2.32. The van der Waals surface area contributed by atoms with E-state index < -0.39 is 6.10 Å². The molecule has 2 saturated carbocycles. The van der Waals surface area contributed by atoms with Crippen LogP contribution in [0.3, 0.4) is 0 Å². The molecule has 4 N–H and O–H groups in total. The van der Waals surface area contributed by atoms with Gasteiger partial charge in [0.1, 0.15) is 22.9 Å². The fourth-order valence-electron chi connectivity index (χ4n) is 4.81. The molecular weight excluding hydrogens is 434 g/mol. The van der Waals surface area contributed by atoms with Crippen molar-refractivity contribution >= 4 is 28.9 Å². The molecule has 10 nitrogen and oxygen atoms in total. The van der Waals surface area contributed by atoms with E-state index in [-0.39, 0.29) is 23.6 Å². The molecule has 2 aliphatic rings. The smallest absolute Gasteiger partial charge is 0.274 e. The highest BCUT2D eigenvalue weighted by molar-refractivity contribution is 6.00. The summed E-state index contributed by atoms with van der Waals surface area (Å²) in [6.45, 7) is 2.26. The molecule has 2 aliphatic carbocycles. The van der Waals surface area contributed by atoms with E-state index in [0.717, 1.165) is 32.1 Å². The first-order valence-electron chi connectivity index (χ1n) is 12.0. The number of anilines is 3. The van der Waals surface area contributed by atoms with Crippen molar-refractivity contribution in [3.05, 3.63) is 46.5 Å². The first-order valence-corrected chi connectivity index (χ1v) is 12.0. The van der Waals surface area contributed by atoms with Gasteiger partial charge in [-0.15, -0.1) is 0 Å². The number of carbonyl (C=O) groups is 1. The van der Waals surface area contributed by atoms with Crippen LogP contribution >= 0.6 is 0 Å². The van der Waals surface area contributed by atoms with Crippen LogP contribution in [0.25, 0.3) is 5.65 Å². The zero-order valence-corrected chi connectivity index (χ0v) is 19.5. The molecule has 1 amide bonds. The van der Waals surface area contributed by atoms with Crippen LogP contribution < -0.4 is 21.5 Å². The highest BCUT2D eigenvalue weighted by Gasteiger charge is 2.31. The Morgan fingerprint density at radius 3 is 2.65 bits per heavy atom. The molecule has 34 heavy (non-hydrogen) atoms. The molecule has 3 heterocycles. The predicted octanol–water partition coefficient (Wildman–Crippen LogP) is 2.68. The maximum Gasteiger partial charge on any atom is 0.274 e. The Balaban J connectivity index is 1.44. The van der Waals surface area contributed by atoms with E-state index >= 15 is 0 Å². The van der Waals surface area contributed by atoms with Crippen molar-refractivity contribution in [1.29, 1.82) is 0 Å². The van der Waals surface area contributed by atoms with Gasteiger partial charge in [0.25, 0.3) is 11.5 Å². The van der Waals surface area contributed by atoms with Gasteiger partial charge in [-0.1, -0.05) is 6.92 Å². The first kappa shape index (κ1) is 22.4. The zero-order valence-electron chi connectivity index (χ0n) is 19.5. The Bertz CT molecular complexity index is 1260. The van der Waals surface area contributed by atoms with Gasteiger partial charge in [0.2, 0.25) is 0 Å². The summed E-state index contributed by atoms with van der Waals surface area (Å²) in [6.07, 6.45) is 8.50. The summed E-state index contributed by atoms with van der Waals surface area (Å²) in [5, 5.41) is 23.2. The van der Waals surface area contributed by atoms with Crippen molar-refractivity contribution in [2.24, 2.45) is 5.92 Å². The number of pyridine rings is 1. The number of rotatable bonds is 6. The van der Waals surface area contributed by atoms with Crippen molar-refractivity contribution in [1.82, 2.24) is 24.5 Å². The van der Waals surface area contributed by atoms with E-state index in [9.17, 15) is 14.7 Å². The summed E-state index contributed by atoms with van der Waals surface area (Å²) < 4.78 is 3.37. The molecular formula is C24H31N7O3. The van der Waals surface area contributed by atoms with Crippen LogP contribution in [-0.4, -0.2) is 49.4 Å². The number of hydrogen-bond donors (Lipinski definition) is 4. The third-order valence-electron chi connectivity index (χ3n) is 7.14. The summed E-state index contributed by atoms with van der Waals surface area (Å²) in [7, 11) is 1.75. The Morgan fingerprint density at radius 2 is 1.97 bits per heavy atom. The second kappa shape index (κ2) is 9.09. The van der Waals surface area contributed by atoms with E-state index in [1.165, 1.54) is 6.20 Å². The Labute approximate surface area is 197 Å². The highest BCUT2D eigenvalue weighted by Crippen LogP contribution is 2.31. The Morgan fingerprint density at radius 1 is 1.18 bits per heavy atom. The van der Waals surface area contributed by atoms with Gasteiger partial charge in [-0.3, -0.25) is 9.59 Å². The summed E-state index contributed by atoms with van der Waals surface area (Å²) in [6, 6.07) is 5.33. The first-order chi connectivity index (χ1) is 16.4. The zero-order chi connectivity index (χ0) is 23.8. The molecule has 10 heteroatoms. The van der Waals surface area contributed by atoms with Gasteiger partial charge in [-0.25, -0.2) is 4.98 Å². The minimum absolute atomic E-state index is 0.0832. The van der Waals surface area contributed by atoms with Gasteiger partial charge in [-0.2, -0.15) is 9.61 Å². The fraction of sp³-hybridized carbons (Fsp3) is 0.500. The van der Waals surface area contributed by atoms with E-state index in [4.69, 9.17) is 0 Å². The van der Waals surface area contributed by atoms with Gasteiger partial charge in [0.05, 0.1) is 18.3 Å². The number of amides is 1. The normalized spacial score (nSPS) is 24.4. The lowest BCUT2D eigenvalue weighted by molar-refractivity contribution is 0.0448. The van der Waals surface area contributed by atoms with E-state index in [0.29, 0.717) is 40.9 Å². The summed E-state index contributed by atoms with van der Waals surface area (Å²) >= 11 is 0. The van der Waals surface area contributed by atoms with Crippen molar-refractivity contribution in [2.75, 3.05) is 17.7 Å². The molecule has 0 aliphatic heterocycles. The van der Waals surface area contributed by atoms with Gasteiger partial charge >= 0.3 is 0 Å². The van der Waals surface area contributed by atoms with E-state index in [1.54, 1.807) is 23.7 Å². The van der Waals surface area contributed by atoms with Crippen molar-refractivity contribution in [2.45, 2.75) is 63.6 Å². The molecule has 5 rings (SSSR count). The van der Waals surface area contributed by atoms with Crippen LogP contribution in [0.5, 0.6) is 0 Å². The molecule has 3 aromatic rings. The Hall–Kier alpha value is -3.40. The van der Waals surface area contributed by atoms with Crippen LogP contribution in [-0.2, 0) is 0 Å². The highest BCUT2D eigenvalue weighted by atomic mass is 16.3. The van der Waals surface area contributed by atoms with Crippen LogP contribution in [0.2, 0.25) is 0 Å². The third-order valence-corrected chi connectivity index (χ3v) is 7.14. The molecule has 2 atom stereocenters.